The lowest BCUT2D eigenvalue weighted by Crippen LogP contribution is -2.39. The Morgan fingerprint density at radius 2 is 1.96 bits per heavy atom. The minimum atomic E-state index is -0.490. The van der Waals surface area contributed by atoms with Crippen molar-refractivity contribution in [1.82, 2.24) is 10.3 Å². The molecule has 0 saturated carbocycles. The number of hydrogen-bond donors (Lipinski definition) is 3. The number of Topliss-reactive ketones (excluding diaryl/α,β-unsaturated/α-hetero) is 1. The summed E-state index contributed by atoms with van der Waals surface area (Å²) in [6.07, 6.45) is 1.72. The van der Waals surface area contributed by atoms with Crippen molar-refractivity contribution in [2.75, 3.05) is 13.2 Å². The van der Waals surface area contributed by atoms with Crippen molar-refractivity contribution in [3.8, 4) is 5.75 Å². The molecule has 7 heteroatoms. The Balaban J connectivity index is 0.00000338. The van der Waals surface area contributed by atoms with Crippen LogP contribution >= 0.6 is 12.4 Å². The highest BCUT2D eigenvalue weighted by Gasteiger charge is 2.19. The van der Waals surface area contributed by atoms with Gasteiger partial charge in [-0.25, -0.2) is 4.79 Å². The zero-order valence-electron chi connectivity index (χ0n) is 15.6. The number of rotatable bonds is 7. The van der Waals surface area contributed by atoms with E-state index >= 15 is 0 Å². The van der Waals surface area contributed by atoms with E-state index < -0.39 is 5.97 Å². The Labute approximate surface area is 159 Å². The molecule has 0 saturated heterocycles. The first-order chi connectivity index (χ1) is 11.7. The number of phenols is 1. The predicted molar refractivity (Wildman–Crippen MR) is 104 cm³/mol. The lowest BCUT2D eigenvalue weighted by Gasteiger charge is -2.20. The molecule has 0 aliphatic carbocycles. The highest BCUT2D eigenvalue weighted by Crippen LogP contribution is 2.28. The quantitative estimate of drug-likeness (QED) is 0.384. The number of phenolic OH excluding ortho intramolecular Hbond substituents is 1. The normalized spacial score (nSPS) is 11.2. The fourth-order valence-corrected chi connectivity index (χ4v) is 2.39. The summed E-state index contributed by atoms with van der Waals surface area (Å²) in [6.45, 7) is 8.47. The number of nitrogens with one attached hydrogen (secondary N) is 2. The predicted octanol–water partition coefficient (Wildman–Crippen LogP) is 3.82. The maximum Gasteiger partial charge on any atom is 0.354 e. The van der Waals surface area contributed by atoms with Crippen LogP contribution in [0.5, 0.6) is 5.75 Å². The fourth-order valence-electron chi connectivity index (χ4n) is 2.39. The second-order valence-corrected chi connectivity index (χ2v) is 7.12. The molecule has 1 aromatic heterocycles. The molecule has 0 aliphatic rings. The van der Waals surface area contributed by atoms with E-state index in [1.165, 1.54) is 6.07 Å². The highest BCUT2D eigenvalue weighted by molar-refractivity contribution is 6.11. The third kappa shape index (κ3) is 5.47. The number of benzene rings is 1. The molecule has 1 aromatic carbocycles. The molecule has 0 fully saturated rings. The molecule has 0 bridgehead atoms. The van der Waals surface area contributed by atoms with Crippen LogP contribution in [0.3, 0.4) is 0 Å². The molecule has 0 atom stereocenters. The van der Waals surface area contributed by atoms with Crippen LogP contribution in [0, 0.1) is 0 Å². The summed E-state index contributed by atoms with van der Waals surface area (Å²) in [6, 6.07) is 4.59. The fraction of sp³-hybridized carbons (Fsp3) is 0.474. The van der Waals surface area contributed by atoms with Crippen LogP contribution in [0.25, 0.3) is 10.9 Å². The van der Waals surface area contributed by atoms with E-state index in [-0.39, 0.29) is 41.7 Å². The summed E-state index contributed by atoms with van der Waals surface area (Å²) in [5, 5.41) is 13.7. The van der Waals surface area contributed by atoms with Gasteiger partial charge in [0.05, 0.1) is 18.7 Å². The third-order valence-electron chi connectivity index (χ3n) is 3.80. The first-order valence-corrected chi connectivity index (χ1v) is 8.53. The molecule has 26 heavy (non-hydrogen) atoms. The Morgan fingerprint density at radius 3 is 2.58 bits per heavy atom. The summed E-state index contributed by atoms with van der Waals surface area (Å²) < 4.78 is 5.18. The van der Waals surface area contributed by atoms with Crippen LogP contribution in [0.4, 0.5) is 0 Å². The van der Waals surface area contributed by atoms with Crippen molar-refractivity contribution in [3.63, 3.8) is 0 Å². The minimum Gasteiger partial charge on any atom is -0.506 e. The van der Waals surface area contributed by atoms with Crippen LogP contribution in [0.2, 0.25) is 0 Å². The summed E-state index contributed by atoms with van der Waals surface area (Å²) in [5.74, 6) is -0.608. The van der Waals surface area contributed by atoms with E-state index in [2.05, 4.69) is 10.3 Å². The average molecular weight is 383 g/mol. The van der Waals surface area contributed by atoms with Gasteiger partial charge in [-0.15, -0.1) is 12.4 Å². The van der Waals surface area contributed by atoms with E-state index in [0.717, 1.165) is 12.8 Å². The van der Waals surface area contributed by atoms with Gasteiger partial charge in [0.2, 0.25) is 0 Å². The van der Waals surface area contributed by atoms with Gasteiger partial charge >= 0.3 is 5.97 Å². The van der Waals surface area contributed by atoms with Gasteiger partial charge < -0.3 is 20.1 Å². The van der Waals surface area contributed by atoms with Crippen molar-refractivity contribution in [1.29, 1.82) is 0 Å². The molecule has 2 rings (SSSR count). The summed E-state index contributed by atoms with van der Waals surface area (Å²) in [7, 11) is 0. The highest BCUT2D eigenvalue weighted by atomic mass is 35.5. The maximum atomic E-state index is 12.5. The second-order valence-electron chi connectivity index (χ2n) is 7.12. The number of H-pyrrole nitrogens is 1. The van der Waals surface area contributed by atoms with Gasteiger partial charge in [-0.3, -0.25) is 4.79 Å². The van der Waals surface area contributed by atoms with Gasteiger partial charge in [0.25, 0.3) is 0 Å². The number of fused-ring (bicyclic) bond motifs is 1. The molecule has 6 nitrogen and oxygen atoms in total. The average Bonchev–Trinajstić information content (AvgIpc) is 2.98. The van der Waals surface area contributed by atoms with Crippen LogP contribution in [0.1, 0.15) is 61.4 Å². The number of aromatic nitrogens is 1. The van der Waals surface area contributed by atoms with Gasteiger partial charge in [0, 0.05) is 16.5 Å². The molecule has 0 aliphatic heterocycles. The molecule has 0 radical (unpaired) electrons. The van der Waals surface area contributed by atoms with Crippen LogP contribution in [-0.4, -0.2) is 40.5 Å². The Kier molecular flexibility index (Phi) is 7.66. The number of ether oxygens (including phenoxy) is 1. The van der Waals surface area contributed by atoms with Crippen molar-refractivity contribution in [3.05, 3.63) is 29.5 Å². The first-order valence-electron chi connectivity index (χ1n) is 8.53. The smallest absolute Gasteiger partial charge is 0.354 e. The Morgan fingerprint density at radius 1 is 1.27 bits per heavy atom. The maximum absolute atomic E-state index is 12.5. The molecule has 1 heterocycles. The molecule has 144 valence electrons. The SMILES string of the molecule is CCCCOC(=O)c1cc2c(C(=O)CNC(C)(C)C)ccc(O)c2[nH]1.Cl. The summed E-state index contributed by atoms with van der Waals surface area (Å²) in [5.41, 5.74) is 0.862. The molecule has 0 amide bonds. The van der Waals surface area contributed by atoms with Crippen molar-refractivity contribution in [2.24, 2.45) is 0 Å². The second kappa shape index (κ2) is 9.05. The number of hydrogen-bond acceptors (Lipinski definition) is 5. The lowest BCUT2D eigenvalue weighted by atomic mass is 10.0. The van der Waals surface area contributed by atoms with Crippen LogP contribution < -0.4 is 5.32 Å². The lowest BCUT2D eigenvalue weighted by molar-refractivity contribution is 0.0494. The van der Waals surface area contributed by atoms with Crippen molar-refractivity contribution in [2.45, 2.75) is 46.1 Å². The Bertz CT molecular complexity index is 778. The van der Waals surface area contributed by atoms with Gasteiger partial charge in [-0.05, 0) is 45.4 Å². The zero-order valence-corrected chi connectivity index (χ0v) is 16.5. The number of esters is 1. The molecular formula is C19H27ClN2O4. The Hall–Kier alpha value is -2.05. The molecule has 3 N–H and O–H groups in total. The van der Waals surface area contributed by atoms with E-state index in [1.807, 2.05) is 27.7 Å². The first kappa shape index (κ1) is 22.0. The van der Waals surface area contributed by atoms with Crippen molar-refractivity contribution >= 4 is 35.1 Å². The third-order valence-corrected chi connectivity index (χ3v) is 3.80. The molecular weight excluding hydrogens is 356 g/mol. The molecule has 0 unspecified atom stereocenters. The summed E-state index contributed by atoms with van der Waals surface area (Å²) in [4.78, 5) is 27.5. The number of aromatic hydroxyl groups is 1. The summed E-state index contributed by atoms with van der Waals surface area (Å²) >= 11 is 0. The van der Waals surface area contributed by atoms with E-state index in [4.69, 9.17) is 4.74 Å². The van der Waals surface area contributed by atoms with Gasteiger partial charge in [0.1, 0.15) is 11.4 Å². The molecule has 2 aromatic rings. The minimum absolute atomic E-state index is 0. The zero-order chi connectivity index (χ0) is 18.6. The number of aromatic amines is 1. The number of halogens is 1. The van der Waals surface area contributed by atoms with E-state index in [1.54, 1.807) is 12.1 Å². The standard InChI is InChI=1S/C19H26N2O4.ClH/c1-5-6-9-25-18(24)14-10-13-12(7-8-15(22)17(13)21-14)16(23)11-20-19(2,3)4;/h7-8,10,20-22H,5-6,9,11H2,1-4H3;1H. The monoisotopic (exact) mass is 382 g/mol. The van der Waals surface area contributed by atoms with Crippen LogP contribution in [0.15, 0.2) is 18.2 Å². The topological polar surface area (TPSA) is 91.4 Å². The van der Waals surface area contributed by atoms with Gasteiger partial charge in [-0.1, -0.05) is 13.3 Å². The van der Waals surface area contributed by atoms with E-state index in [9.17, 15) is 14.7 Å². The van der Waals surface area contributed by atoms with Crippen molar-refractivity contribution < 1.29 is 19.4 Å². The number of carbonyl (C=O) groups is 2. The number of ketones is 1. The molecule has 0 spiro atoms. The largest absolute Gasteiger partial charge is 0.506 e. The van der Waals surface area contributed by atoms with Gasteiger partial charge in [-0.2, -0.15) is 0 Å². The number of unbranched alkanes of at least 4 members (excludes halogenated alkanes) is 1. The van der Waals surface area contributed by atoms with E-state index in [0.29, 0.717) is 23.1 Å². The van der Waals surface area contributed by atoms with Gasteiger partial charge in [0.15, 0.2) is 5.78 Å². The number of carbonyl (C=O) groups excluding carboxylic acids is 2. The van der Waals surface area contributed by atoms with Crippen LogP contribution in [-0.2, 0) is 4.74 Å².